The molecule has 0 aliphatic heterocycles. The summed E-state index contributed by atoms with van der Waals surface area (Å²) in [6.45, 7) is 6.61. The molecule has 1 N–H and O–H groups in total. The molecule has 0 saturated carbocycles. The molecule has 4 aromatic rings. The van der Waals surface area contributed by atoms with Crippen LogP contribution >= 0.6 is 0 Å². The lowest BCUT2D eigenvalue weighted by molar-refractivity contribution is -0.385. The van der Waals surface area contributed by atoms with Crippen LogP contribution < -0.4 is 14.4 Å². The first-order chi connectivity index (χ1) is 23.3. The van der Waals surface area contributed by atoms with Gasteiger partial charge in [0.05, 0.1) is 22.6 Å². The van der Waals surface area contributed by atoms with E-state index in [4.69, 9.17) is 4.74 Å². The molecule has 0 aliphatic rings. The number of aryl methyl sites for hydroxylation is 2. The average molecular weight is 687 g/mol. The first kappa shape index (κ1) is 36.6. The molecule has 0 fully saturated rings. The Morgan fingerprint density at radius 2 is 1.57 bits per heavy atom. The van der Waals surface area contributed by atoms with E-state index in [2.05, 4.69) is 5.32 Å². The highest BCUT2D eigenvalue weighted by Gasteiger charge is 2.35. The van der Waals surface area contributed by atoms with E-state index >= 15 is 0 Å². The lowest BCUT2D eigenvalue weighted by atomic mass is 10.0. The minimum atomic E-state index is -4.54. The third-order valence-electron chi connectivity index (χ3n) is 8.35. The van der Waals surface area contributed by atoms with Crippen molar-refractivity contribution in [3.63, 3.8) is 0 Å². The van der Waals surface area contributed by atoms with Gasteiger partial charge in [0.15, 0.2) is 0 Å². The molecule has 0 aromatic heterocycles. The number of methoxy groups -OCH3 is 1. The number of amides is 2. The van der Waals surface area contributed by atoms with Gasteiger partial charge in [0, 0.05) is 30.6 Å². The van der Waals surface area contributed by atoms with Crippen LogP contribution in [0.25, 0.3) is 0 Å². The Hall–Kier alpha value is -5.23. The second-order valence-electron chi connectivity index (χ2n) is 11.9. The average Bonchev–Trinajstić information content (AvgIpc) is 3.09. The Labute approximate surface area is 287 Å². The quantitative estimate of drug-likeness (QED) is 0.120. The van der Waals surface area contributed by atoms with Gasteiger partial charge in [0.2, 0.25) is 11.8 Å². The second-order valence-corrected chi connectivity index (χ2v) is 13.8. The molecule has 0 heterocycles. The highest BCUT2D eigenvalue weighted by molar-refractivity contribution is 7.92. The number of sulfonamides is 1. The third kappa shape index (κ3) is 9.23. The minimum Gasteiger partial charge on any atom is -0.497 e. The lowest BCUT2D eigenvalue weighted by Gasteiger charge is -2.34. The molecule has 258 valence electrons. The van der Waals surface area contributed by atoms with Crippen LogP contribution in [0.3, 0.4) is 0 Å². The molecule has 0 bridgehead atoms. The van der Waals surface area contributed by atoms with Crippen LogP contribution in [0.4, 0.5) is 11.4 Å². The normalized spacial score (nSPS) is 12.4. The number of nitrogens with zero attached hydrogens (tertiary/aromatic N) is 3. The summed E-state index contributed by atoms with van der Waals surface area (Å²) < 4.78 is 34.8. The zero-order valence-corrected chi connectivity index (χ0v) is 29.1. The lowest BCUT2D eigenvalue weighted by Crippen LogP contribution is -2.54. The molecule has 0 saturated heterocycles. The zero-order chi connectivity index (χ0) is 35.7. The highest BCUT2D eigenvalue weighted by atomic mass is 32.2. The van der Waals surface area contributed by atoms with Crippen molar-refractivity contribution in [1.82, 2.24) is 10.2 Å². The van der Waals surface area contributed by atoms with Crippen molar-refractivity contribution >= 4 is 33.2 Å². The molecular formula is C37H42N4O7S. The molecule has 12 heteroatoms. The van der Waals surface area contributed by atoms with Gasteiger partial charge in [-0.15, -0.1) is 0 Å². The van der Waals surface area contributed by atoms with E-state index in [1.807, 2.05) is 75.4 Å². The summed E-state index contributed by atoms with van der Waals surface area (Å²) >= 11 is 0. The highest BCUT2D eigenvalue weighted by Crippen LogP contribution is 2.30. The van der Waals surface area contributed by atoms with Crippen LogP contribution in [-0.2, 0) is 32.6 Å². The monoisotopic (exact) mass is 686 g/mol. The zero-order valence-electron chi connectivity index (χ0n) is 28.3. The van der Waals surface area contributed by atoms with Crippen molar-refractivity contribution in [2.75, 3.05) is 18.0 Å². The number of nitro groups is 1. The fourth-order valence-electron chi connectivity index (χ4n) is 5.24. The number of carbonyl (C=O) groups excluding carboxylic acids is 2. The number of nitrogens with one attached hydrogen (secondary N) is 1. The second kappa shape index (κ2) is 16.2. The molecule has 4 aromatic carbocycles. The van der Waals surface area contributed by atoms with E-state index in [1.165, 1.54) is 43.2 Å². The maximum absolute atomic E-state index is 14.6. The van der Waals surface area contributed by atoms with E-state index in [-0.39, 0.29) is 46.7 Å². The topological polar surface area (TPSA) is 139 Å². The van der Waals surface area contributed by atoms with Crippen LogP contribution in [-0.4, -0.2) is 55.8 Å². The summed E-state index contributed by atoms with van der Waals surface area (Å²) in [5, 5.41) is 14.8. The number of ether oxygens (including phenoxy) is 1. The van der Waals surface area contributed by atoms with Gasteiger partial charge in [-0.2, -0.15) is 0 Å². The molecule has 0 spiro atoms. The summed E-state index contributed by atoms with van der Waals surface area (Å²) in [6.07, 6.45) is 0.849. The van der Waals surface area contributed by atoms with E-state index in [1.54, 1.807) is 12.1 Å². The summed E-state index contributed by atoms with van der Waals surface area (Å²) in [5.41, 5.74) is 2.64. The van der Waals surface area contributed by atoms with Gasteiger partial charge in [0.25, 0.3) is 15.7 Å². The predicted octanol–water partition coefficient (Wildman–Crippen LogP) is 5.97. The largest absolute Gasteiger partial charge is 0.497 e. The summed E-state index contributed by atoms with van der Waals surface area (Å²) in [5.74, 6) is -0.544. The smallest absolute Gasteiger partial charge is 0.273 e. The number of nitro benzene ring substituents is 1. The van der Waals surface area contributed by atoms with Gasteiger partial charge in [0.1, 0.15) is 18.3 Å². The van der Waals surface area contributed by atoms with Crippen molar-refractivity contribution < 1.29 is 27.7 Å². The first-order valence-corrected chi connectivity index (χ1v) is 17.4. The number of anilines is 1. The van der Waals surface area contributed by atoms with Crippen molar-refractivity contribution in [2.24, 2.45) is 0 Å². The van der Waals surface area contributed by atoms with Gasteiger partial charge in [-0.3, -0.25) is 24.0 Å². The summed E-state index contributed by atoms with van der Waals surface area (Å²) in [4.78, 5) is 40.8. The Balaban J connectivity index is 1.84. The third-order valence-corrected chi connectivity index (χ3v) is 10.1. The van der Waals surface area contributed by atoms with Gasteiger partial charge in [-0.05, 0) is 68.7 Å². The van der Waals surface area contributed by atoms with Crippen molar-refractivity contribution in [1.29, 1.82) is 0 Å². The molecule has 2 atom stereocenters. The summed E-state index contributed by atoms with van der Waals surface area (Å²) in [7, 11) is -3.07. The number of hydrogen-bond donors (Lipinski definition) is 1. The molecule has 11 nitrogen and oxygen atoms in total. The Bertz CT molecular complexity index is 1870. The van der Waals surface area contributed by atoms with Crippen LogP contribution in [0.2, 0.25) is 0 Å². The van der Waals surface area contributed by atoms with Gasteiger partial charge >= 0.3 is 0 Å². The number of benzene rings is 4. The van der Waals surface area contributed by atoms with E-state index in [0.717, 1.165) is 27.1 Å². The molecule has 0 aliphatic carbocycles. The van der Waals surface area contributed by atoms with E-state index in [0.29, 0.717) is 12.2 Å². The van der Waals surface area contributed by atoms with Crippen LogP contribution in [0.15, 0.2) is 102 Å². The van der Waals surface area contributed by atoms with Gasteiger partial charge < -0.3 is 15.0 Å². The van der Waals surface area contributed by atoms with Crippen LogP contribution in [0, 0.1) is 24.0 Å². The SMILES string of the molecule is CCC(C)NC(=O)C(Cc1ccccc1)N(Cc1ccc(C)cc1)C(=O)CN(c1ccc(OC)cc1)S(=O)(=O)c1ccc(C)c([N+](=O)[O-])c1. The Morgan fingerprint density at radius 1 is 0.918 bits per heavy atom. The fourth-order valence-corrected chi connectivity index (χ4v) is 6.67. The van der Waals surface area contributed by atoms with Gasteiger partial charge in [-0.1, -0.05) is 73.2 Å². The first-order valence-electron chi connectivity index (χ1n) is 15.9. The molecule has 0 radical (unpaired) electrons. The van der Waals surface area contributed by atoms with Crippen LogP contribution in [0.5, 0.6) is 5.75 Å². The molecule has 2 amide bonds. The Morgan fingerprint density at radius 3 is 2.16 bits per heavy atom. The standard InChI is InChI=1S/C37H42N4O7S/c1-6-28(4)38-37(43)35(22-29-10-8-7-9-11-29)39(24-30-15-12-26(2)13-16-30)36(42)25-40(31-17-19-32(48-5)20-18-31)49(46,47)33-21-14-27(3)34(23-33)41(44)45/h7-21,23,28,35H,6,22,24-25H2,1-5H3,(H,38,43). The minimum absolute atomic E-state index is 0.0248. The number of carbonyl (C=O) groups is 2. The molecule has 4 rings (SSSR count). The maximum Gasteiger partial charge on any atom is 0.273 e. The van der Waals surface area contributed by atoms with Gasteiger partial charge in [-0.25, -0.2) is 8.42 Å². The molecular weight excluding hydrogens is 644 g/mol. The van der Waals surface area contributed by atoms with Crippen molar-refractivity contribution in [3.8, 4) is 5.75 Å². The summed E-state index contributed by atoms with van der Waals surface area (Å²) in [6, 6.07) is 25.4. The van der Waals surface area contributed by atoms with Crippen molar-refractivity contribution in [2.45, 2.75) is 64.1 Å². The van der Waals surface area contributed by atoms with E-state index in [9.17, 15) is 28.1 Å². The predicted molar refractivity (Wildman–Crippen MR) is 189 cm³/mol. The van der Waals surface area contributed by atoms with Crippen LogP contribution in [0.1, 0.15) is 42.5 Å². The Kier molecular flexibility index (Phi) is 12.1. The van der Waals surface area contributed by atoms with Crippen molar-refractivity contribution in [3.05, 3.63) is 129 Å². The molecule has 2 unspecified atom stereocenters. The maximum atomic E-state index is 14.6. The molecule has 49 heavy (non-hydrogen) atoms. The number of rotatable bonds is 15. The van der Waals surface area contributed by atoms with E-state index < -0.39 is 33.4 Å². The fraction of sp³-hybridized carbons (Fsp3) is 0.297. The number of hydrogen-bond acceptors (Lipinski definition) is 7.